The topological polar surface area (TPSA) is 123 Å². The number of piperidine rings is 1. The number of anilines is 1. The lowest BCUT2D eigenvalue weighted by atomic mass is 9.92. The number of nitrogens with zero attached hydrogens (tertiary/aromatic N) is 5. The molecule has 3 heterocycles. The van der Waals surface area contributed by atoms with Gasteiger partial charge in [0, 0.05) is 57.3 Å². The van der Waals surface area contributed by atoms with Gasteiger partial charge in [-0.25, -0.2) is 0 Å². The highest BCUT2D eigenvalue weighted by molar-refractivity contribution is 6.31. The molecular weight excluding hydrogens is 553 g/mol. The van der Waals surface area contributed by atoms with Gasteiger partial charge in [0.05, 0.1) is 16.7 Å². The molecule has 10 nitrogen and oxygen atoms in total. The van der Waals surface area contributed by atoms with Gasteiger partial charge in [-0.15, -0.1) is 22.6 Å². The van der Waals surface area contributed by atoms with Crippen LogP contribution in [-0.4, -0.2) is 78.3 Å². The number of nitriles is 1. The highest BCUT2D eigenvalue weighted by Crippen LogP contribution is 2.28. The van der Waals surface area contributed by atoms with Crippen LogP contribution in [0.4, 0.5) is 5.82 Å². The first-order chi connectivity index (χ1) is 19.0. The number of carbonyl (C=O) groups excluding carboxylic acids is 2. The Morgan fingerprint density at radius 1 is 1.00 bits per heavy atom. The third kappa shape index (κ3) is 7.33. The number of rotatable bonds is 6. The number of amides is 2. The van der Waals surface area contributed by atoms with E-state index < -0.39 is 0 Å². The lowest BCUT2D eigenvalue weighted by Gasteiger charge is -2.36. The molecule has 0 radical (unpaired) electrons. The summed E-state index contributed by atoms with van der Waals surface area (Å²) in [5.41, 5.74) is 0.724. The third-order valence-corrected chi connectivity index (χ3v) is 8.17. The van der Waals surface area contributed by atoms with Crippen molar-refractivity contribution in [2.75, 3.05) is 44.2 Å². The second-order valence-corrected chi connectivity index (χ2v) is 10.8. The van der Waals surface area contributed by atoms with Crippen molar-refractivity contribution in [3.05, 3.63) is 46.6 Å². The Labute approximate surface area is 245 Å². The van der Waals surface area contributed by atoms with Crippen molar-refractivity contribution in [3.8, 4) is 11.8 Å². The van der Waals surface area contributed by atoms with Crippen LogP contribution in [0.15, 0.2) is 30.3 Å². The molecule has 2 aromatic rings. The number of carbonyl (C=O) groups is 2. The summed E-state index contributed by atoms with van der Waals surface area (Å²) in [6, 6.07) is 10.8. The molecule has 2 saturated heterocycles. The fourth-order valence-electron chi connectivity index (χ4n) is 5.55. The summed E-state index contributed by atoms with van der Waals surface area (Å²) in [6.07, 6.45) is 4.86. The maximum atomic E-state index is 12.8. The molecule has 1 saturated carbocycles. The fourth-order valence-corrected chi connectivity index (χ4v) is 5.76. The van der Waals surface area contributed by atoms with Crippen LogP contribution >= 0.6 is 24.0 Å². The smallest absolute Gasteiger partial charge is 0.272 e. The Balaban J connectivity index is 0.00000370. The van der Waals surface area contributed by atoms with Gasteiger partial charge >= 0.3 is 0 Å². The number of aromatic nitrogens is 2. The molecule has 0 unspecified atom stereocenters. The normalized spacial score (nSPS) is 21.6. The summed E-state index contributed by atoms with van der Waals surface area (Å²) in [5.74, 6) is 1.50. The Morgan fingerprint density at radius 3 is 2.35 bits per heavy atom. The number of hydrogen-bond donors (Lipinski definition) is 2. The van der Waals surface area contributed by atoms with E-state index in [4.69, 9.17) is 21.6 Å². The summed E-state index contributed by atoms with van der Waals surface area (Å²) in [5, 5.41) is 24.3. The number of benzene rings is 1. The van der Waals surface area contributed by atoms with E-state index in [2.05, 4.69) is 25.7 Å². The molecule has 12 heteroatoms. The van der Waals surface area contributed by atoms with Gasteiger partial charge in [-0.3, -0.25) is 9.59 Å². The first kappa shape index (κ1) is 29.8. The standard InChI is InChI=1S/C28H34ClN7O3.ClH/c29-24-17-23(4-1-20(24)18-30)39-22-5-2-21(3-6-22)32-27(37)25-7-8-26(34-33-25)35-13-9-19(10-14-35)28(38)36-15-11-31-12-16-36;/h1,4,7-8,17,19,21-22,31H,2-3,5-6,9-16H2,(H,32,37);1H/t21-,22-;. The number of hydrogen-bond acceptors (Lipinski definition) is 8. The fraction of sp³-hybridized carbons (Fsp3) is 0.536. The molecule has 2 amide bonds. The van der Waals surface area contributed by atoms with E-state index in [-0.39, 0.29) is 42.3 Å². The molecule has 0 bridgehead atoms. The second-order valence-electron chi connectivity index (χ2n) is 10.4. The molecule has 0 spiro atoms. The molecule has 2 N–H and O–H groups in total. The number of halogens is 2. The minimum atomic E-state index is -0.224. The van der Waals surface area contributed by atoms with Gasteiger partial charge in [-0.05, 0) is 62.8 Å². The molecule has 2 aliphatic heterocycles. The van der Waals surface area contributed by atoms with Crippen molar-refractivity contribution in [1.29, 1.82) is 5.26 Å². The van der Waals surface area contributed by atoms with Crippen molar-refractivity contribution < 1.29 is 14.3 Å². The summed E-state index contributed by atoms with van der Waals surface area (Å²) >= 11 is 6.10. The van der Waals surface area contributed by atoms with Crippen LogP contribution in [0.25, 0.3) is 0 Å². The molecule has 3 fully saturated rings. The van der Waals surface area contributed by atoms with Crippen LogP contribution in [0, 0.1) is 17.2 Å². The monoisotopic (exact) mass is 587 g/mol. The van der Waals surface area contributed by atoms with E-state index in [0.717, 1.165) is 83.6 Å². The summed E-state index contributed by atoms with van der Waals surface area (Å²) in [6.45, 7) is 4.82. The Bertz CT molecular complexity index is 1200. The minimum absolute atomic E-state index is 0. The predicted molar refractivity (Wildman–Crippen MR) is 154 cm³/mol. The zero-order valence-corrected chi connectivity index (χ0v) is 23.9. The Hall–Kier alpha value is -3.13. The number of ether oxygens (including phenoxy) is 1. The second kappa shape index (κ2) is 14.0. The third-order valence-electron chi connectivity index (χ3n) is 7.85. The average Bonchev–Trinajstić information content (AvgIpc) is 2.98. The van der Waals surface area contributed by atoms with Gasteiger partial charge in [0.2, 0.25) is 5.91 Å². The number of piperazine rings is 1. The largest absolute Gasteiger partial charge is 0.490 e. The van der Waals surface area contributed by atoms with E-state index in [1.54, 1.807) is 24.3 Å². The van der Waals surface area contributed by atoms with Crippen LogP contribution in [0.2, 0.25) is 5.02 Å². The maximum absolute atomic E-state index is 12.8. The molecule has 214 valence electrons. The molecule has 3 aliphatic rings. The summed E-state index contributed by atoms with van der Waals surface area (Å²) in [4.78, 5) is 29.7. The van der Waals surface area contributed by atoms with Gasteiger partial charge in [0.25, 0.3) is 5.91 Å². The maximum Gasteiger partial charge on any atom is 0.272 e. The zero-order valence-electron chi connectivity index (χ0n) is 22.4. The average molecular weight is 589 g/mol. The molecule has 40 heavy (non-hydrogen) atoms. The minimum Gasteiger partial charge on any atom is -0.490 e. The molecule has 1 aliphatic carbocycles. The molecule has 1 aromatic heterocycles. The van der Waals surface area contributed by atoms with Gasteiger partial charge in [0.1, 0.15) is 11.8 Å². The van der Waals surface area contributed by atoms with Gasteiger partial charge in [-0.2, -0.15) is 5.26 Å². The van der Waals surface area contributed by atoms with Crippen molar-refractivity contribution in [3.63, 3.8) is 0 Å². The lowest BCUT2D eigenvalue weighted by molar-refractivity contribution is -0.136. The van der Waals surface area contributed by atoms with Crippen LogP contribution < -0.4 is 20.3 Å². The van der Waals surface area contributed by atoms with Gasteiger partial charge < -0.3 is 25.2 Å². The molecular formula is C28H35Cl2N7O3. The quantitative estimate of drug-likeness (QED) is 0.528. The first-order valence-electron chi connectivity index (χ1n) is 13.8. The Kier molecular flexibility index (Phi) is 10.4. The highest BCUT2D eigenvalue weighted by Gasteiger charge is 2.30. The molecule has 5 rings (SSSR count). The van der Waals surface area contributed by atoms with Crippen molar-refractivity contribution in [2.24, 2.45) is 5.92 Å². The summed E-state index contributed by atoms with van der Waals surface area (Å²) < 4.78 is 6.04. The van der Waals surface area contributed by atoms with Crippen molar-refractivity contribution in [1.82, 2.24) is 25.7 Å². The van der Waals surface area contributed by atoms with Crippen LogP contribution in [0.1, 0.15) is 54.6 Å². The number of nitrogens with one attached hydrogen (secondary N) is 2. The predicted octanol–water partition coefficient (Wildman–Crippen LogP) is 3.19. The first-order valence-corrected chi connectivity index (χ1v) is 14.1. The van der Waals surface area contributed by atoms with Crippen LogP contribution in [0.3, 0.4) is 0 Å². The highest BCUT2D eigenvalue weighted by atomic mass is 35.5. The van der Waals surface area contributed by atoms with Gasteiger partial charge in [0.15, 0.2) is 11.5 Å². The van der Waals surface area contributed by atoms with E-state index in [1.807, 2.05) is 17.0 Å². The van der Waals surface area contributed by atoms with Crippen molar-refractivity contribution in [2.45, 2.75) is 50.7 Å². The SMILES string of the molecule is Cl.N#Cc1ccc(O[C@H]2CC[C@H](NC(=O)c3ccc(N4CCC(C(=O)N5CCNCC5)CC4)nn3)CC2)cc1Cl. The lowest BCUT2D eigenvalue weighted by Crippen LogP contribution is -2.50. The van der Waals surface area contributed by atoms with Crippen LogP contribution in [-0.2, 0) is 4.79 Å². The molecule has 1 aromatic carbocycles. The van der Waals surface area contributed by atoms with Crippen LogP contribution in [0.5, 0.6) is 5.75 Å². The van der Waals surface area contributed by atoms with Gasteiger partial charge in [-0.1, -0.05) is 11.6 Å². The van der Waals surface area contributed by atoms with Crippen molar-refractivity contribution >= 4 is 41.6 Å². The Morgan fingerprint density at radius 2 is 1.73 bits per heavy atom. The van der Waals surface area contributed by atoms with E-state index in [9.17, 15) is 9.59 Å². The van der Waals surface area contributed by atoms with E-state index in [1.165, 1.54) is 0 Å². The van der Waals surface area contributed by atoms with E-state index in [0.29, 0.717) is 22.0 Å². The zero-order chi connectivity index (χ0) is 27.2. The summed E-state index contributed by atoms with van der Waals surface area (Å²) in [7, 11) is 0. The molecule has 0 atom stereocenters. The van der Waals surface area contributed by atoms with E-state index >= 15 is 0 Å².